The summed E-state index contributed by atoms with van der Waals surface area (Å²) >= 11 is 0. The second kappa shape index (κ2) is 2.48. The molecule has 1 aliphatic heterocycles. The third-order valence-corrected chi connectivity index (χ3v) is 3.38. The third kappa shape index (κ3) is 0.900. The number of nitrogens with zero attached hydrogens (tertiary/aromatic N) is 1. The molecule has 68 valence electrons. The van der Waals surface area contributed by atoms with Gasteiger partial charge in [-0.15, -0.1) is 0 Å². The second-order valence-corrected chi connectivity index (χ2v) is 4.44. The maximum Gasteiger partial charge on any atom is 0.223 e. The van der Waals surface area contributed by atoms with Crippen LogP contribution in [0.15, 0.2) is 0 Å². The predicted molar refractivity (Wildman–Crippen MR) is 47.8 cm³/mol. The molecule has 0 atom stereocenters. The van der Waals surface area contributed by atoms with E-state index >= 15 is 0 Å². The fourth-order valence-corrected chi connectivity index (χ4v) is 2.76. The summed E-state index contributed by atoms with van der Waals surface area (Å²) < 4.78 is 0. The molecule has 0 radical (unpaired) electrons. The summed E-state index contributed by atoms with van der Waals surface area (Å²) in [6, 6.07) is 0.403. The van der Waals surface area contributed by atoms with Gasteiger partial charge in [-0.1, -0.05) is 0 Å². The number of hydrogen-bond donors (Lipinski definition) is 0. The lowest BCUT2D eigenvalue weighted by Crippen LogP contribution is -2.53. The maximum atomic E-state index is 11.6. The summed E-state index contributed by atoms with van der Waals surface area (Å²) in [5, 5.41) is 0. The molecule has 2 aliphatic rings. The minimum Gasteiger partial charge on any atom is -0.335 e. The number of carbonyl (C=O) groups excluding carboxylic acids is 1. The van der Waals surface area contributed by atoms with Gasteiger partial charge in [-0.05, 0) is 39.5 Å². The van der Waals surface area contributed by atoms with E-state index in [-0.39, 0.29) is 0 Å². The average Bonchev–Trinajstić information content (AvgIpc) is 2.25. The highest BCUT2D eigenvalue weighted by molar-refractivity contribution is 5.80. The van der Waals surface area contributed by atoms with Crippen molar-refractivity contribution in [3.8, 4) is 0 Å². The summed E-state index contributed by atoms with van der Waals surface area (Å²) in [5.41, 5.74) is 0.311. The van der Waals surface area contributed by atoms with Crippen molar-refractivity contribution in [1.29, 1.82) is 0 Å². The molecule has 1 saturated heterocycles. The van der Waals surface area contributed by atoms with Crippen LogP contribution in [0.25, 0.3) is 0 Å². The van der Waals surface area contributed by atoms with Crippen LogP contribution in [-0.4, -0.2) is 22.4 Å². The number of hydrogen-bond acceptors (Lipinski definition) is 1. The Balaban J connectivity index is 2.19. The Bertz CT molecular complexity index is 206. The zero-order valence-corrected chi connectivity index (χ0v) is 7.97. The number of likely N-dealkylation sites (tertiary alicyclic amines) is 1. The lowest BCUT2D eigenvalue weighted by atomic mass is 9.74. The first-order valence-electron chi connectivity index (χ1n) is 4.98. The van der Waals surface area contributed by atoms with E-state index in [4.69, 9.17) is 0 Å². The second-order valence-electron chi connectivity index (χ2n) is 4.44. The third-order valence-electron chi connectivity index (χ3n) is 3.38. The molecule has 1 spiro atoms. The predicted octanol–water partition coefficient (Wildman–Crippen LogP) is 1.94. The van der Waals surface area contributed by atoms with Crippen LogP contribution < -0.4 is 0 Å². The van der Waals surface area contributed by atoms with Gasteiger partial charge in [0.1, 0.15) is 0 Å². The molecule has 0 unspecified atom stereocenters. The number of carbonyl (C=O) groups is 1. The van der Waals surface area contributed by atoms with Crippen LogP contribution in [-0.2, 0) is 4.79 Å². The molecule has 1 heterocycles. The standard InChI is InChI=1S/C10H17NO/c1-8(2)11-9(12)4-7-10(11)5-3-6-10/h8H,3-7H2,1-2H3. The zero-order valence-electron chi connectivity index (χ0n) is 7.97. The molecule has 12 heavy (non-hydrogen) atoms. The summed E-state index contributed by atoms with van der Waals surface area (Å²) in [5.74, 6) is 0.379. The largest absolute Gasteiger partial charge is 0.335 e. The summed E-state index contributed by atoms with van der Waals surface area (Å²) in [4.78, 5) is 13.7. The van der Waals surface area contributed by atoms with Gasteiger partial charge in [0.05, 0.1) is 0 Å². The topological polar surface area (TPSA) is 20.3 Å². The Hall–Kier alpha value is -0.530. The Morgan fingerprint density at radius 3 is 2.33 bits per heavy atom. The van der Waals surface area contributed by atoms with Gasteiger partial charge >= 0.3 is 0 Å². The molecule has 2 nitrogen and oxygen atoms in total. The van der Waals surface area contributed by atoms with Gasteiger partial charge in [-0.2, -0.15) is 0 Å². The normalized spacial score (nSPS) is 26.9. The molecule has 2 heteroatoms. The fraction of sp³-hybridized carbons (Fsp3) is 0.900. The Morgan fingerprint density at radius 2 is 2.00 bits per heavy atom. The molecule has 0 aromatic rings. The van der Waals surface area contributed by atoms with Crippen molar-refractivity contribution in [3.63, 3.8) is 0 Å². The van der Waals surface area contributed by atoms with Crippen LogP contribution in [0.4, 0.5) is 0 Å². The minimum atomic E-state index is 0.311. The van der Waals surface area contributed by atoms with E-state index in [0.717, 1.165) is 12.8 Å². The first-order valence-corrected chi connectivity index (χ1v) is 4.98. The molecule has 1 aliphatic carbocycles. The minimum absolute atomic E-state index is 0.311. The highest BCUT2D eigenvalue weighted by atomic mass is 16.2. The fourth-order valence-electron chi connectivity index (χ4n) is 2.76. The van der Waals surface area contributed by atoms with Crippen LogP contribution in [0.5, 0.6) is 0 Å². The Morgan fingerprint density at radius 1 is 1.33 bits per heavy atom. The highest BCUT2D eigenvalue weighted by Crippen LogP contribution is 2.46. The first-order chi connectivity index (χ1) is 5.66. The molecule has 0 aromatic heterocycles. The van der Waals surface area contributed by atoms with Crippen molar-refractivity contribution >= 4 is 5.91 Å². The summed E-state index contributed by atoms with van der Waals surface area (Å²) in [7, 11) is 0. The summed E-state index contributed by atoms with van der Waals surface area (Å²) in [6.45, 7) is 4.26. The molecule has 0 bridgehead atoms. The quantitative estimate of drug-likeness (QED) is 0.584. The first kappa shape index (κ1) is 8.09. The van der Waals surface area contributed by atoms with Gasteiger partial charge in [0.15, 0.2) is 0 Å². The Kier molecular flexibility index (Phi) is 1.67. The van der Waals surface area contributed by atoms with Gasteiger partial charge in [-0.3, -0.25) is 4.79 Å². The van der Waals surface area contributed by atoms with Gasteiger partial charge < -0.3 is 4.90 Å². The SMILES string of the molecule is CC(C)N1C(=O)CCC12CCC2. The van der Waals surface area contributed by atoms with Gasteiger partial charge in [0.2, 0.25) is 5.91 Å². The van der Waals surface area contributed by atoms with E-state index < -0.39 is 0 Å². The van der Waals surface area contributed by atoms with Crippen LogP contribution in [0, 0.1) is 0 Å². The zero-order chi connectivity index (χ0) is 8.77. The van der Waals surface area contributed by atoms with Gasteiger partial charge in [0.25, 0.3) is 0 Å². The smallest absolute Gasteiger partial charge is 0.223 e. The van der Waals surface area contributed by atoms with Crippen molar-refractivity contribution in [3.05, 3.63) is 0 Å². The van der Waals surface area contributed by atoms with E-state index in [0.29, 0.717) is 17.5 Å². The van der Waals surface area contributed by atoms with E-state index in [9.17, 15) is 4.79 Å². The molecule has 2 rings (SSSR count). The molecule has 1 saturated carbocycles. The molecule has 0 N–H and O–H groups in total. The highest BCUT2D eigenvalue weighted by Gasteiger charge is 2.49. The van der Waals surface area contributed by atoms with Crippen molar-refractivity contribution in [2.24, 2.45) is 0 Å². The number of amides is 1. The Labute approximate surface area is 73.9 Å². The van der Waals surface area contributed by atoms with E-state index in [1.165, 1.54) is 19.3 Å². The monoisotopic (exact) mass is 167 g/mol. The van der Waals surface area contributed by atoms with E-state index in [2.05, 4.69) is 18.7 Å². The van der Waals surface area contributed by atoms with Crippen LogP contribution in [0.3, 0.4) is 0 Å². The van der Waals surface area contributed by atoms with Crippen molar-refractivity contribution < 1.29 is 4.79 Å². The van der Waals surface area contributed by atoms with Crippen molar-refractivity contribution in [1.82, 2.24) is 4.90 Å². The molecule has 2 fully saturated rings. The van der Waals surface area contributed by atoms with Crippen LogP contribution in [0.1, 0.15) is 46.0 Å². The maximum absolute atomic E-state index is 11.6. The van der Waals surface area contributed by atoms with Gasteiger partial charge in [0, 0.05) is 18.0 Å². The van der Waals surface area contributed by atoms with E-state index in [1.54, 1.807) is 0 Å². The summed E-state index contributed by atoms with van der Waals surface area (Å²) in [6.07, 6.45) is 5.71. The number of rotatable bonds is 1. The molecule has 1 amide bonds. The van der Waals surface area contributed by atoms with Crippen molar-refractivity contribution in [2.45, 2.75) is 57.5 Å². The molecular weight excluding hydrogens is 150 g/mol. The average molecular weight is 167 g/mol. The van der Waals surface area contributed by atoms with Crippen molar-refractivity contribution in [2.75, 3.05) is 0 Å². The van der Waals surface area contributed by atoms with Crippen LogP contribution in [0.2, 0.25) is 0 Å². The molecular formula is C10H17NO. The van der Waals surface area contributed by atoms with Gasteiger partial charge in [-0.25, -0.2) is 0 Å². The lowest BCUT2D eigenvalue weighted by Gasteiger charge is -2.47. The van der Waals surface area contributed by atoms with Crippen LogP contribution >= 0.6 is 0 Å². The lowest BCUT2D eigenvalue weighted by molar-refractivity contribution is -0.135. The molecule has 0 aromatic carbocycles. The van der Waals surface area contributed by atoms with E-state index in [1.807, 2.05) is 0 Å².